The lowest BCUT2D eigenvalue weighted by Crippen LogP contribution is -2.31. The van der Waals surface area contributed by atoms with Crippen molar-refractivity contribution in [3.05, 3.63) is 46.7 Å². The molecule has 0 saturated heterocycles. The van der Waals surface area contributed by atoms with Gasteiger partial charge in [0.05, 0.1) is 6.67 Å². The van der Waals surface area contributed by atoms with Crippen LogP contribution in [-0.2, 0) is 13.2 Å². The maximum Gasteiger partial charge on any atom is 0.217 e. The van der Waals surface area contributed by atoms with Crippen LogP contribution in [0.1, 0.15) is 18.9 Å². The third kappa shape index (κ3) is 3.11. The number of hydrogen-bond acceptors (Lipinski definition) is 4. The molecular formula is C15H19N5S. The molecule has 0 aliphatic carbocycles. The fraction of sp³-hybridized carbons (Fsp3) is 0.400. The molecule has 1 aromatic heterocycles. The Morgan fingerprint density at radius 3 is 2.52 bits per heavy atom. The molecule has 0 radical (unpaired) electrons. The highest BCUT2D eigenvalue weighted by atomic mass is 32.1. The van der Waals surface area contributed by atoms with Crippen molar-refractivity contribution in [1.29, 1.82) is 0 Å². The normalized spacial score (nSPS) is 16.0. The van der Waals surface area contributed by atoms with Crippen molar-refractivity contribution in [2.75, 3.05) is 13.1 Å². The van der Waals surface area contributed by atoms with Crippen LogP contribution in [-0.4, -0.2) is 37.8 Å². The van der Waals surface area contributed by atoms with Crippen molar-refractivity contribution >= 4 is 17.8 Å². The second kappa shape index (κ2) is 6.32. The third-order valence-electron chi connectivity index (χ3n) is 3.77. The van der Waals surface area contributed by atoms with Crippen molar-refractivity contribution in [2.45, 2.75) is 26.6 Å². The summed E-state index contributed by atoms with van der Waals surface area (Å²) in [6.07, 6.45) is 3.35. The van der Waals surface area contributed by atoms with Gasteiger partial charge in [-0.1, -0.05) is 36.4 Å². The van der Waals surface area contributed by atoms with Gasteiger partial charge in [-0.05, 0) is 47.1 Å². The van der Waals surface area contributed by atoms with Crippen LogP contribution < -0.4 is 0 Å². The predicted molar refractivity (Wildman–Crippen MR) is 85.1 cm³/mol. The minimum atomic E-state index is 0.690. The highest BCUT2D eigenvalue weighted by Gasteiger charge is 2.14. The summed E-state index contributed by atoms with van der Waals surface area (Å²) in [5.74, 6) is 0. The zero-order valence-electron chi connectivity index (χ0n) is 12.1. The van der Waals surface area contributed by atoms with Crippen LogP contribution in [0.2, 0.25) is 0 Å². The zero-order valence-corrected chi connectivity index (χ0v) is 13.0. The molecule has 1 aromatic carbocycles. The summed E-state index contributed by atoms with van der Waals surface area (Å²) in [6, 6.07) is 10.6. The van der Waals surface area contributed by atoms with E-state index >= 15 is 0 Å². The van der Waals surface area contributed by atoms with E-state index in [1.165, 1.54) is 11.1 Å². The van der Waals surface area contributed by atoms with E-state index < -0.39 is 0 Å². The monoisotopic (exact) mass is 301 g/mol. The molecule has 2 heterocycles. The highest BCUT2D eigenvalue weighted by molar-refractivity contribution is 7.71. The Labute approximate surface area is 129 Å². The average Bonchev–Trinajstić information content (AvgIpc) is 2.89. The molecule has 21 heavy (non-hydrogen) atoms. The molecule has 0 fully saturated rings. The Hall–Kier alpha value is -1.79. The molecule has 2 aromatic rings. The number of aryl methyl sites for hydroxylation is 1. The standard InChI is InChI=1S/C15H19N5S/c1-2-19-15(21)20(17-16-19)12-18-10-8-14(9-11-18)13-6-4-3-5-7-13/h3-8H,2,9-12H2,1H3. The first-order valence-corrected chi connectivity index (χ1v) is 7.66. The van der Waals surface area contributed by atoms with Gasteiger partial charge in [0.1, 0.15) is 0 Å². The van der Waals surface area contributed by atoms with E-state index in [9.17, 15) is 0 Å². The Morgan fingerprint density at radius 1 is 1.14 bits per heavy atom. The van der Waals surface area contributed by atoms with Crippen LogP contribution in [0.3, 0.4) is 0 Å². The average molecular weight is 301 g/mol. The first-order chi connectivity index (χ1) is 10.3. The number of aromatic nitrogens is 4. The van der Waals surface area contributed by atoms with E-state index in [-0.39, 0.29) is 0 Å². The lowest BCUT2D eigenvalue weighted by Gasteiger charge is -2.25. The molecule has 6 heteroatoms. The number of rotatable bonds is 4. The van der Waals surface area contributed by atoms with Gasteiger partial charge in [0, 0.05) is 19.6 Å². The summed E-state index contributed by atoms with van der Waals surface area (Å²) >= 11 is 5.35. The number of nitrogens with zero attached hydrogens (tertiary/aromatic N) is 5. The number of benzene rings is 1. The van der Waals surface area contributed by atoms with Crippen molar-refractivity contribution in [2.24, 2.45) is 0 Å². The molecule has 3 rings (SSSR count). The van der Waals surface area contributed by atoms with Gasteiger partial charge in [-0.25, -0.2) is 9.36 Å². The zero-order chi connectivity index (χ0) is 14.7. The summed E-state index contributed by atoms with van der Waals surface area (Å²) in [5, 5.41) is 8.17. The molecule has 0 amide bonds. The minimum absolute atomic E-state index is 0.690. The second-order valence-electron chi connectivity index (χ2n) is 5.14. The SMILES string of the molecule is CCn1nnn(CN2CC=C(c3ccccc3)CC2)c1=S. The van der Waals surface area contributed by atoms with Gasteiger partial charge in [0.25, 0.3) is 0 Å². The van der Waals surface area contributed by atoms with Crippen LogP contribution in [0, 0.1) is 4.77 Å². The smallest absolute Gasteiger partial charge is 0.217 e. The summed E-state index contributed by atoms with van der Waals surface area (Å²) < 4.78 is 4.22. The molecular weight excluding hydrogens is 282 g/mol. The van der Waals surface area contributed by atoms with Crippen LogP contribution in [0.15, 0.2) is 36.4 Å². The van der Waals surface area contributed by atoms with E-state index in [0.717, 1.165) is 26.1 Å². The van der Waals surface area contributed by atoms with Gasteiger partial charge in [-0.15, -0.1) is 0 Å². The van der Waals surface area contributed by atoms with Crippen molar-refractivity contribution in [3.63, 3.8) is 0 Å². The van der Waals surface area contributed by atoms with Gasteiger partial charge in [-0.3, -0.25) is 4.90 Å². The van der Waals surface area contributed by atoms with Crippen LogP contribution in [0.4, 0.5) is 0 Å². The number of tetrazole rings is 1. The molecule has 1 aliphatic heterocycles. The Balaban J connectivity index is 1.67. The van der Waals surface area contributed by atoms with Crippen LogP contribution >= 0.6 is 12.2 Å². The minimum Gasteiger partial charge on any atom is -0.280 e. The summed E-state index contributed by atoms with van der Waals surface area (Å²) in [6.45, 7) is 5.42. The Kier molecular flexibility index (Phi) is 4.26. The highest BCUT2D eigenvalue weighted by Crippen LogP contribution is 2.22. The second-order valence-corrected chi connectivity index (χ2v) is 5.51. The molecule has 1 aliphatic rings. The van der Waals surface area contributed by atoms with Crippen molar-refractivity contribution < 1.29 is 0 Å². The van der Waals surface area contributed by atoms with E-state index in [0.29, 0.717) is 11.4 Å². The molecule has 0 atom stereocenters. The number of hydrogen-bond donors (Lipinski definition) is 0. The van der Waals surface area contributed by atoms with Crippen LogP contribution in [0.5, 0.6) is 0 Å². The van der Waals surface area contributed by atoms with E-state index in [4.69, 9.17) is 12.2 Å². The largest absolute Gasteiger partial charge is 0.280 e. The lowest BCUT2D eigenvalue weighted by atomic mass is 10.00. The molecule has 0 N–H and O–H groups in total. The van der Waals surface area contributed by atoms with E-state index in [1.54, 1.807) is 9.36 Å². The summed E-state index contributed by atoms with van der Waals surface area (Å²) in [5.41, 5.74) is 2.75. The molecule has 5 nitrogen and oxygen atoms in total. The summed E-state index contributed by atoms with van der Waals surface area (Å²) in [4.78, 5) is 2.33. The Morgan fingerprint density at radius 2 is 1.90 bits per heavy atom. The van der Waals surface area contributed by atoms with Gasteiger partial charge in [-0.2, -0.15) is 0 Å². The van der Waals surface area contributed by atoms with Crippen molar-refractivity contribution in [1.82, 2.24) is 24.7 Å². The Bertz CT molecular complexity index is 686. The van der Waals surface area contributed by atoms with Gasteiger partial charge < -0.3 is 0 Å². The van der Waals surface area contributed by atoms with Crippen molar-refractivity contribution in [3.8, 4) is 0 Å². The fourth-order valence-electron chi connectivity index (χ4n) is 2.54. The third-order valence-corrected chi connectivity index (χ3v) is 4.19. The predicted octanol–water partition coefficient (Wildman–Crippen LogP) is 2.58. The van der Waals surface area contributed by atoms with Gasteiger partial charge in [0.2, 0.25) is 4.77 Å². The molecule has 0 saturated carbocycles. The quantitative estimate of drug-likeness (QED) is 0.814. The fourth-order valence-corrected chi connectivity index (χ4v) is 2.80. The lowest BCUT2D eigenvalue weighted by molar-refractivity contribution is 0.224. The van der Waals surface area contributed by atoms with E-state index in [2.05, 4.69) is 51.7 Å². The first-order valence-electron chi connectivity index (χ1n) is 7.25. The molecule has 0 spiro atoms. The van der Waals surface area contributed by atoms with Gasteiger partial charge in [0.15, 0.2) is 0 Å². The molecule has 0 bridgehead atoms. The first kappa shape index (κ1) is 14.2. The molecule has 0 unspecified atom stereocenters. The molecule has 110 valence electrons. The van der Waals surface area contributed by atoms with Crippen LogP contribution in [0.25, 0.3) is 5.57 Å². The summed E-state index contributed by atoms with van der Waals surface area (Å²) in [7, 11) is 0. The topological polar surface area (TPSA) is 38.9 Å². The van der Waals surface area contributed by atoms with E-state index in [1.807, 2.05) is 6.92 Å². The van der Waals surface area contributed by atoms with Gasteiger partial charge >= 0.3 is 0 Å². The maximum absolute atomic E-state index is 5.35. The maximum atomic E-state index is 5.35.